The Balaban J connectivity index is 1.84. The number of fused-ring (bicyclic) bond motifs is 1. The van der Waals surface area contributed by atoms with E-state index in [-0.39, 0.29) is 17.1 Å². The van der Waals surface area contributed by atoms with Gasteiger partial charge in [0.2, 0.25) is 11.8 Å². The summed E-state index contributed by atoms with van der Waals surface area (Å²) < 4.78 is 0. The summed E-state index contributed by atoms with van der Waals surface area (Å²) >= 11 is 0. The summed E-state index contributed by atoms with van der Waals surface area (Å²) in [4.78, 5) is 23.3. The minimum absolute atomic E-state index is 0.0163. The van der Waals surface area contributed by atoms with Crippen LogP contribution >= 0.6 is 21.6 Å². The standard InChI is InChI=1S/C11H16N2O2S2/c1-2-3-4-5-8(14)13-9-10-7(6-16-17-10)12-11(9)15/h6,9-10H,2-5H2,1H3,(H,12,15)(H,13,14). The van der Waals surface area contributed by atoms with Crippen LogP contribution in [-0.2, 0) is 9.59 Å². The van der Waals surface area contributed by atoms with Crippen molar-refractivity contribution in [2.75, 3.05) is 0 Å². The molecule has 2 unspecified atom stereocenters. The Bertz CT molecular complexity index is 357. The van der Waals surface area contributed by atoms with Gasteiger partial charge in [-0.1, -0.05) is 41.4 Å². The molecule has 2 aliphatic rings. The van der Waals surface area contributed by atoms with Gasteiger partial charge in [-0.2, -0.15) is 0 Å². The first-order valence-electron chi connectivity index (χ1n) is 5.85. The van der Waals surface area contributed by atoms with Crippen LogP contribution in [0.25, 0.3) is 0 Å². The molecule has 6 heteroatoms. The molecular weight excluding hydrogens is 256 g/mol. The Morgan fingerprint density at radius 2 is 2.35 bits per heavy atom. The van der Waals surface area contributed by atoms with Crippen molar-refractivity contribution < 1.29 is 9.59 Å². The van der Waals surface area contributed by atoms with Crippen molar-refractivity contribution in [3.8, 4) is 0 Å². The van der Waals surface area contributed by atoms with Gasteiger partial charge in [-0.05, 0) is 6.42 Å². The zero-order valence-electron chi connectivity index (χ0n) is 9.69. The normalized spacial score (nSPS) is 26.4. The topological polar surface area (TPSA) is 58.2 Å². The molecule has 2 heterocycles. The van der Waals surface area contributed by atoms with E-state index >= 15 is 0 Å². The van der Waals surface area contributed by atoms with Gasteiger partial charge in [-0.15, -0.1) is 0 Å². The van der Waals surface area contributed by atoms with Crippen LogP contribution in [0.4, 0.5) is 0 Å². The Kier molecular flexibility index (Phi) is 4.39. The molecule has 0 spiro atoms. The van der Waals surface area contributed by atoms with Gasteiger partial charge in [0.15, 0.2) is 0 Å². The predicted molar refractivity (Wildman–Crippen MR) is 71.3 cm³/mol. The average Bonchev–Trinajstić information content (AvgIpc) is 2.83. The van der Waals surface area contributed by atoms with Gasteiger partial charge in [0.25, 0.3) is 0 Å². The van der Waals surface area contributed by atoms with Crippen LogP contribution in [0.5, 0.6) is 0 Å². The molecule has 2 N–H and O–H groups in total. The molecule has 1 fully saturated rings. The monoisotopic (exact) mass is 272 g/mol. The highest BCUT2D eigenvalue weighted by Crippen LogP contribution is 2.43. The van der Waals surface area contributed by atoms with E-state index < -0.39 is 6.04 Å². The van der Waals surface area contributed by atoms with Gasteiger partial charge < -0.3 is 10.6 Å². The quantitative estimate of drug-likeness (QED) is 0.592. The molecule has 0 aromatic carbocycles. The largest absolute Gasteiger partial charge is 0.343 e. The lowest BCUT2D eigenvalue weighted by Gasteiger charge is -2.14. The number of carbonyl (C=O) groups excluding carboxylic acids is 2. The molecule has 0 radical (unpaired) electrons. The van der Waals surface area contributed by atoms with Crippen LogP contribution in [0.3, 0.4) is 0 Å². The lowest BCUT2D eigenvalue weighted by atomic mass is 10.1. The fourth-order valence-corrected chi connectivity index (χ4v) is 4.46. The molecule has 17 heavy (non-hydrogen) atoms. The maximum absolute atomic E-state index is 11.7. The summed E-state index contributed by atoms with van der Waals surface area (Å²) in [6.07, 6.45) is 3.57. The SMILES string of the molecule is CCCCCC(=O)NC1C(=O)NC2=CSSC21. The first kappa shape index (κ1) is 12.8. The lowest BCUT2D eigenvalue weighted by Crippen LogP contribution is -2.44. The van der Waals surface area contributed by atoms with Gasteiger partial charge in [0.05, 0.1) is 5.25 Å². The van der Waals surface area contributed by atoms with Crippen LogP contribution in [0.15, 0.2) is 11.1 Å². The number of carbonyl (C=O) groups is 2. The third-order valence-electron chi connectivity index (χ3n) is 2.82. The number of unbranched alkanes of at least 4 members (excludes halogenated alkanes) is 2. The molecule has 0 aromatic heterocycles. The van der Waals surface area contributed by atoms with Crippen LogP contribution in [0.1, 0.15) is 32.6 Å². The summed E-state index contributed by atoms with van der Waals surface area (Å²) in [5, 5.41) is 7.65. The highest BCUT2D eigenvalue weighted by atomic mass is 33.1. The first-order valence-corrected chi connectivity index (χ1v) is 8.12. The maximum atomic E-state index is 11.7. The van der Waals surface area contributed by atoms with Crippen LogP contribution in [-0.4, -0.2) is 23.1 Å². The molecule has 0 saturated carbocycles. The summed E-state index contributed by atoms with van der Waals surface area (Å²) in [7, 11) is 3.23. The third kappa shape index (κ3) is 2.98. The number of rotatable bonds is 5. The van der Waals surface area contributed by atoms with E-state index in [2.05, 4.69) is 17.6 Å². The number of amides is 2. The van der Waals surface area contributed by atoms with Crippen LogP contribution < -0.4 is 10.6 Å². The van der Waals surface area contributed by atoms with Crippen molar-refractivity contribution >= 4 is 33.4 Å². The van der Waals surface area contributed by atoms with Crippen LogP contribution in [0, 0.1) is 0 Å². The summed E-state index contributed by atoms with van der Waals surface area (Å²) in [5.41, 5.74) is 0.934. The minimum Gasteiger partial charge on any atom is -0.343 e. The Labute approximate surface area is 109 Å². The van der Waals surface area contributed by atoms with E-state index in [0.29, 0.717) is 6.42 Å². The Hall–Kier alpha value is -0.620. The summed E-state index contributed by atoms with van der Waals surface area (Å²) in [6, 6.07) is -0.393. The van der Waals surface area contributed by atoms with E-state index in [9.17, 15) is 9.59 Å². The molecule has 0 bridgehead atoms. The summed E-state index contributed by atoms with van der Waals surface area (Å²) in [6.45, 7) is 2.10. The van der Waals surface area contributed by atoms with E-state index in [1.807, 2.05) is 5.41 Å². The number of hydrogen-bond donors (Lipinski definition) is 2. The highest BCUT2D eigenvalue weighted by molar-refractivity contribution is 8.78. The lowest BCUT2D eigenvalue weighted by molar-refractivity contribution is -0.127. The number of hydrogen-bond acceptors (Lipinski definition) is 4. The van der Waals surface area contributed by atoms with Crippen molar-refractivity contribution in [3.63, 3.8) is 0 Å². The van der Waals surface area contributed by atoms with E-state index in [1.165, 1.54) is 0 Å². The van der Waals surface area contributed by atoms with Crippen molar-refractivity contribution in [2.45, 2.75) is 43.9 Å². The van der Waals surface area contributed by atoms with E-state index in [4.69, 9.17) is 0 Å². The van der Waals surface area contributed by atoms with Crippen molar-refractivity contribution in [3.05, 3.63) is 11.1 Å². The Morgan fingerprint density at radius 3 is 3.12 bits per heavy atom. The molecular formula is C11H16N2O2S2. The zero-order chi connectivity index (χ0) is 12.3. The predicted octanol–water partition coefficient (Wildman–Crippen LogP) is 1.79. The molecule has 94 valence electrons. The van der Waals surface area contributed by atoms with Crippen molar-refractivity contribution in [1.82, 2.24) is 10.6 Å². The van der Waals surface area contributed by atoms with Gasteiger partial charge >= 0.3 is 0 Å². The molecule has 0 aromatic rings. The van der Waals surface area contributed by atoms with Gasteiger partial charge in [-0.3, -0.25) is 9.59 Å². The van der Waals surface area contributed by atoms with Crippen LogP contribution in [0.2, 0.25) is 0 Å². The average molecular weight is 272 g/mol. The molecule has 2 aliphatic heterocycles. The molecule has 2 rings (SSSR count). The van der Waals surface area contributed by atoms with Crippen molar-refractivity contribution in [2.24, 2.45) is 0 Å². The Morgan fingerprint density at radius 1 is 1.53 bits per heavy atom. The van der Waals surface area contributed by atoms with Crippen molar-refractivity contribution in [1.29, 1.82) is 0 Å². The second-order valence-electron chi connectivity index (χ2n) is 4.18. The van der Waals surface area contributed by atoms with Gasteiger partial charge in [-0.25, -0.2) is 0 Å². The molecule has 4 nitrogen and oxygen atoms in total. The molecule has 1 saturated heterocycles. The molecule has 2 atom stereocenters. The summed E-state index contributed by atoms with van der Waals surface area (Å²) in [5.74, 6) is -0.102. The second kappa shape index (κ2) is 5.82. The highest BCUT2D eigenvalue weighted by Gasteiger charge is 2.42. The minimum atomic E-state index is -0.393. The van der Waals surface area contributed by atoms with E-state index in [1.54, 1.807) is 21.6 Å². The zero-order valence-corrected chi connectivity index (χ0v) is 11.3. The molecule has 0 aliphatic carbocycles. The van der Waals surface area contributed by atoms with E-state index in [0.717, 1.165) is 25.0 Å². The smallest absolute Gasteiger partial charge is 0.248 e. The fourth-order valence-electron chi connectivity index (χ4n) is 1.87. The fraction of sp³-hybridized carbons (Fsp3) is 0.636. The van der Waals surface area contributed by atoms with Gasteiger partial charge in [0, 0.05) is 17.5 Å². The second-order valence-corrected chi connectivity index (χ2v) is 6.46. The maximum Gasteiger partial charge on any atom is 0.248 e. The number of nitrogens with one attached hydrogen (secondary N) is 2. The first-order chi connectivity index (χ1) is 8.22. The third-order valence-corrected chi connectivity index (χ3v) is 5.26. The van der Waals surface area contributed by atoms with Gasteiger partial charge in [0.1, 0.15) is 6.04 Å². The molecule has 2 amide bonds.